The van der Waals surface area contributed by atoms with Crippen LogP contribution in [0.3, 0.4) is 0 Å². The van der Waals surface area contributed by atoms with Gasteiger partial charge in [-0.3, -0.25) is 4.79 Å². The molecule has 1 heterocycles. The van der Waals surface area contributed by atoms with E-state index >= 15 is 0 Å². The summed E-state index contributed by atoms with van der Waals surface area (Å²) in [6.07, 6.45) is 0.599. The zero-order valence-corrected chi connectivity index (χ0v) is 11.4. The Balaban J connectivity index is 1.94. The number of nitrogens with one attached hydrogen (secondary N) is 1. The predicted molar refractivity (Wildman–Crippen MR) is 73.9 cm³/mol. The number of benzene rings is 1. The smallest absolute Gasteiger partial charge is 0.221 e. The molecule has 1 saturated heterocycles. The summed E-state index contributed by atoms with van der Waals surface area (Å²) in [5, 5.41) is 3.68. The molecule has 0 radical (unpaired) electrons. The van der Waals surface area contributed by atoms with Crippen LogP contribution in [0.1, 0.15) is 24.8 Å². The summed E-state index contributed by atoms with van der Waals surface area (Å²) >= 11 is 6.01. The Morgan fingerprint density at radius 2 is 2.28 bits per heavy atom. The summed E-state index contributed by atoms with van der Waals surface area (Å²) < 4.78 is 0. The molecule has 1 N–H and O–H groups in total. The molecular formula is C14H19ClN2O. The van der Waals surface area contributed by atoms with Crippen LogP contribution in [0.25, 0.3) is 0 Å². The number of carbonyl (C=O) groups excluding carboxylic acids is 1. The van der Waals surface area contributed by atoms with Crippen molar-refractivity contribution in [3.05, 3.63) is 34.9 Å². The molecule has 3 nitrogen and oxygen atoms in total. The SMILES string of the molecule is C[C@H](CN1CCNC(=O)CC1)c1cccc(Cl)c1. The summed E-state index contributed by atoms with van der Waals surface area (Å²) in [5.41, 5.74) is 1.26. The van der Waals surface area contributed by atoms with Crippen molar-refractivity contribution in [2.75, 3.05) is 26.2 Å². The number of carbonyl (C=O) groups is 1. The zero-order valence-electron chi connectivity index (χ0n) is 10.7. The summed E-state index contributed by atoms with van der Waals surface area (Å²) in [6, 6.07) is 8.01. The monoisotopic (exact) mass is 266 g/mol. The normalized spacial score (nSPS) is 19.1. The van der Waals surface area contributed by atoms with Gasteiger partial charge < -0.3 is 10.2 Å². The van der Waals surface area contributed by atoms with Crippen LogP contribution in [0.5, 0.6) is 0 Å². The van der Waals surface area contributed by atoms with E-state index in [2.05, 4.69) is 23.2 Å². The first-order valence-corrected chi connectivity index (χ1v) is 6.77. The number of rotatable bonds is 3. The van der Waals surface area contributed by atoms with Gasteiger partial charge >= 0.3 is 0 Å². The molecule has 1 aliphatic rings. The average molecular weight is 267 g/mol. The Labute approximate surface area is 113 Å². The highest BCUT2D eigenvalue weighted by atomic mass is 35.5. The van der Waals surface area contributed by atoms with Crippen LogP contribution in [0.2, 0.25) is 5.02 Å². The van der Waals surface area contributed by atoms with Gasteiger partial charge in [0.25, 0.3) is 0 Å². The Morgan fingerprint density at radius 3 is 3.06 bits per heavy atom. The third kappa shape index (κ3) is 3.72. The lowest BCUT2D eigenvalue weighted by atomic mass is 10.0. The van der Waals surface area contributed by atoms with Gasteiger partial charge in [-0.15, -0.1) is 0 Å². The second-order valence-corrected chi connectivity index (χ2v) is 5.29. The highest BCUT2D eigenvalue weighted by Crippen LogP contribution is 2.20. The largest absolute Gasteiger partial charge is 0.355 e. The molecule has 1 fully saturated rings. The molecule has 1 aromatic carbocycles. The fraction of sp³-hybridized carbons (Fsp3) is 0.500. The van der Waals surface area contributed by atoms with Crippen LogP contribution >= 0.6 is 11.6 Å². The molecule has 4 heteroatoms. The summed E-state index contributed by atoms with van der Waals surface area (Å²) in [4.78, 5) is 13.6. The highest BCUT2D eigenvalue weighted by molar-refractivity contribution is 6.30. The first-order chi connectivity index (χ1) is 8.65. The first-order valence-electron chi connectivity index (χ1n) is 6.39. The number of nitrogens with zero attached hydrogens (tertiary/aromatic N) is 1. The van der Waals surface area contributed by atoms with Crippen LogP contribution in [-0.2, 0) is 4.79 Å². The number of amides is 1. The predicted octanol–water partition coefficient (Wildman–Crippen LogP) is 2.27. The van der Waals surface area contributed by atoms with Crippen molar-refractivity contribution in [3.63, 3.8) is 0 Å². The molecule has 1 atom stereocenters. The third-order valence-electron chi connectivity index (χ3n) is 3.36. The van der Waals surface area contributed by atoms with Crippen molar-refractivity contribution in [2.45, 2.75) is 19.3 Å². The molecule has 18 heavy (non-hydrogen) atoms. The van der Waals surface area contributed by atoms with Crippen molar-refractivity contribution in [2.24, 2.45) is 0 Å². The zero-order chi connectivity index (χ0) is 13.0. The van der Waals surface area contributed by atoms with Crippen LogP contribution in [-0.4, -0.2) is 37.0 Å². The van der Waals surface area contributed by atoms with E-state index in [1.165, 1.54) is 5.56 Å². The Kier molecular flexibility index (Phi) is 4.61. The third-order valence-corrected chi connectivity index (χ3v) is 3.59. The van der Waals surface area contributed by atoms with Gasteiger partial charge in [0.1, 0.15) is 0 Å². The molecule has 0 unspecified atom stereocenters. The minimum absolute atomic E-state index is 0.160. The van der Waals surface area contributed by atoms with E-state index in [1.54, 1.807) is 0 Å². The maximum Gasteiger partial charge on any atom is 0.221 e. The van der Waals surface area contributed by atoms with Crippen LogP contribution < -0.4 is 5.32 Å². The minimum Gasteiger partial charge on any atom is -0.355 e. The lowest BCUT2D eigenvalue weighted by Gasteiger charge is -2.23. The summed E-state index contributed by atoms with van der Waals surface area (Å²) in [6.45, 7) is 5.69. The van der Waals surface area contributed by atoms with Crippen LogP contribution in [0, 0.1) is 0 Å². The maximum atomic E-state index is 11.3. The van der Waals surface area contributed by atoms with Crippen molar-refractivity contribution >= 4 is 17.5 Å². The van der Waals surface area contributed by atoms with Gasteiger partial charge in [-0.1, -0.05) is 30.7 Å². The molecule has 0 aromatic heterocycles. The summed E-state index contributed by atoms with van der Waals surface area (Å²) in [7, 11) is 0. The van der Waals surface area contributed by atoms with Crippen molar-refractivity contribution in [1.29, 1.82) is 0 Å². The Bertz CT molecular complexity index is 422. The lowest BCUT2D eigenvalue weighted by molar-refractivity contribution is -0.120. The van der Waals surface area contributed by atoms with E-state index in [4.69, 9.17) is 11.6 Å². The topological polar surface area (TPSA) is 32.3 Å². The molecule has 0 saturated carbocycles. The van der Waals surface area contributed by atoms with Gasteiger partial charge in [-0.05, 0) is 23.6 Å². The number of halogens is 1. The van der Waals surface area contributed by atoms with E-state index in [9.17, 15) is 4.79 Å². The molecule has 1 amide bonds. The van der Waals surface area contributed by atoms with Gasteiger partial charge in [0, 0.05) is 37.6 Å². The minimum atomic E-state index is 0.160. The molecule has 2 rings (SSSR count). The van der Waals surface area contributed by atoms with Gasteiger partial charge in [0.05, 0.1) is 0 Å². The van der Waals surface area contributed by atoms with E-state index in [1.807, 2.05) is 18.2 Å². The first kappa shape index (κ1) is 13.4. The van der Waals surface area contributed by atoms with Gasteiger partial charge in [-0.2, -0.15) is 0 Å². The van der Waals surface area contributed by atoms with E-state index in [0.29, 0.717) is 12.3 Å². The van der Waals surface area contributed by atoms with Crippen molar-refractivity contribution in [3.8, 4) is 0 Å². The fourth-order valence-corrected chi connectivity index (χ4v) is 2.50. The highest BCUT2D eigenvalue weighted by Gasteiger charge is 2.16. The van der Waals surface area contributed by atoms with Crippen LogP contribution in [0.4, 0.5) is 0 Å². The van der Waals surface area contributed by atoms with Crippen molar-refractivity contribution in [1.82, 2.24) is 10.2 Å². The Hall–Kier alpha value is -1.06. The molecule has 1 aliphatic heterocycles. The van der Waals surface area contributed by atoms with Gasteiger partial charge in [0.2, 0.25) is 5.91 Å². The molecular weight excluding hydrogens is 248 g/mol. The average Bonchev–Trinajstić information content (AvgIpc) is 2.54. The van der Waals surface area contributed by atoms with Gasteiger partial charge in [0.15, 0.2) is 0 Å². The molecule has 0 spiro atoms. The van der Waals surface area contributed by atoms with E-state index < -0.39 is 0 Å². The molecule has 1 aromatic rings. The van der Waals surface area contributed by atoms with E-state index in [-0.39, 0.29) is 5.91 Å². The van der Waals surface area contributed by atoms with Gasteiger partial charge in [-0.25, -0.2) is 0 Å². The molecule has 0 bridgehead atoms. The van der Waals surface area contributed by atoms with Crippen LogP contribution in [0.15, 0.2) is 24.3 Å². The summed E-state index contributed by atoms with van der Waals surface area (Å²) in [5.74, 6) is 0.588. The quantitative estimate of drug-likeness (QED) is 0.910. The van der Waals surface area contributed by atoms with Crippen molar-refractivity contribution < 1.29 is 4.79 Å². The molecule has 0 aliphatic carbocycles. The second-order valence-electron chi connectivity index (χ2n) is 4.86. The lowest BCUT2D eigenvalue weighted by Crippen LogP contribution is -2.31. The Morgan fingerprint density at radius 1 is 1.44 bits per heavy atom. The van der Waals surface area contributed by atoms with E-state index in [0.717, 1.165) is 31.2 Å². The number of hydrogen-bond donors (Lipinski definition) is 1. The maximum absolute atomic E-state index is 11.3. The number of hydrogen-bond acceptors (Lipinski definition) is 2. The standard InChI is InChI=1S/C14H19ClN2O/c1-11(12-3-2-4-13(15)9-12)10-17-7-5-14(18)16-6-8-17/h2-4,9,11H,5-8,10H2,1H3,(H,16,18)/t11-/m1/s1. The molecule has 98 valence electrons. The second kappa shape index (κ2) is 6.21. The fourth-order valence-electron chi connectivity index (χ4n) is 2.30.